The standard InChI is InChI=1S/C15H18Br2N2O/c1-3-5-6-19(4-2)15(20)11-9-18-14-8-13(17)12(16)7-10(11)14/h7-9,18H,3-6H2,1-2H3. The first kappa shape index (κ1) is 15.6. The number of nitrogens with one attached hydrogen (secondary N) is 1. The zero-order valence-corrected chi connectivity index (χ0v) is 14.8. The maximum absolute atomic E-state index is 12.6. The van der Waals surface area contributed by atoms with E-state index in [1.807, 2.05) is 24.0 Å². The van der Waals surface area contributed by atoms with Gasteiger partial charge in [-0.15, -0.1) is 0 Å². The summed E-state index contributed by atoms with van der Waals surface area (Å²) in [5.74, 6) is 0.0985. The van der Waals surface area contributed by atoms with Crippen LogP contribution in [-0.4, -0.2) is 28.9 Å². The van der Waals surface area contributed by atoms with Crippen LogP contribution in [0.25, 0.3) is 10.9 Å². The Morgan fingerprint density at radius 1 is 1.25 bits per heavy atom. The van der Waals surface area contributed by atoms with Crippen LogP contribution >= 0.6 is 31.9 Å². The minimum Gasteiger partial charge on any atom is -0.360 e. The van der Waals surface area contributed by atoms with E-state index in [1.54, 1.807) is 6.20 Å². The Morgan fingerprint density at radius 3 is 2.60 bits per heavy atom. The smallest absolute Gasteiger partial charge is 0.256 e. The number of hydrogen-bond donors (Lipinski definition) is 1. The first-order chi connectivity index (χ1) is 9.58. The molecule has 1 aromatic carbocycles. The Labute approximate surface area is 136 Å². The number of hydrogen-bond acceptors (Lipinski definition) is 1. The van der Waals surface area contributed by atoms with Crippen LogP contribution in [0, 0.1) is 0 Å². The van der Waals surface area contributed by atoms with Gasteiger partial charge in [0.2, 0.25) is 0 Å². The van der Waals surface area contributed by atoms with E-state index < -0.39 is 0 Å². The molecule has 0 bridgehead atoms. The highest BCUT2D eigenvalue weighted by Gasteiger charge is 2.18. The predicted molar refractivity (Wildman–Crippen MR) is 90.2 cm³/mol. The van der Waals surface area contributed by atoms with E-state index in [0.717, 1.165) is 51.3 Å². The topological polar surface area (TPSA) is 36.1 Å². The highest BCUT2D eigenvalue weighted by molar-refractivity contribution is 9.13. The molecule has 0 fully saturated rings. The second kappa shape index (κ2) is 6.76. The second-order valence-electron chi connectivity index (χ2n) is 4.75. The van der Waals surface area contributed by atoms with Gasteiger partial charge in [0.25, 0.3) is 5.91 Å². The van der Waals surface area contributed by atoms with Crippen LogP contribution in [0.2, 0.25) is 0 Å². The number of carbonyl (C=O) groups excluding carboxylic acids is 1. The molecule has 0 aliphatic carbocycles. The zero-order valence-electron chi connectivity index (χ0n) is 11.7. The first-order valence-electron chi connectivity index (χ1n) is 6.83. The lowest BCUT2D eigenvalue weighted by atomic mass is 10.1. The number of unbranched alkanes of at least 4 members (excludes halogenated alkanes) is 1. The average molecular weight is 402 g/mol. The van der Waals surface area contributed by atoms with Gasteiger partial charge in [-0.25, -0.2) is 0 Å². The normalized spacial score (nSPS) is 11.0. The van der Waals surface area contributed by atoms with Crippen LogP contribution in [-0.2, 0) is 0 Å². The van der Waals surface area contributed by atoms with Gasteiger partial charge in [0.1, 0.15) is 0 Å². The maximum atomic E-state index is 12.6. The Balaban J connectivity index is 2.36. The van der Waals surface area contributed by atoms with E-state index in [4.69, 9.17) is 0 Å². The molecule has 108 valence electrons. The van der Waals surface area contributed by atoms with Gasteiger partial charge < -0.3 is 9.88 Å². The summed E-state index contributed by atoms with van der Waals surface area (Å²) in [6, 6.07) is 3.97. The van der Waals surface area contributed by atoms with Gasteiger partial charge in [0.05, 0.1) is 5.56 Å². The number of benzene rings is 1. The summed E-state index contributed by atoms with van der Waals surface area (Å²) in [4.78, 5) is 17.7. The summed E-state index contributed by atoms with van der Waals surface area (Å²) in [7, 11) is 0. The lowest BCUT2D eigenvalue weighted by molar-refractivity contribution is 0.0764. The summed E-state index contributed by atoms with van der Waals surface area (Å²) in [6.07, 6.45) is 3.94. The second-order valence-corrected chi connectivity index (χ2v) is 6.46. The number of aromatic nitrogens is 1. The minimum atomic E-state index is 0.0985. The molecule has 0 spiro atoms. The van der Waals surface area contributed by atoms with E-state index in [0.29, 0.717) is 0 Å². The van der Waals surface area contributed by atoms with E-state index in [1.165, 1.54) is 0 Å². The van der Waals surface area contributed by atoms with Crippen LogP contribution in [0.4, 0.5) is 0 Å². The number of aromatic amines is 1. The predicted octanol–water partition coefficient (Wildman–Crippen LogP) is 4.96. The van der Waals surface area contributed by atoms with Gasteiger partial charge in [0, 0.05) is 39.1 Å². The molecule has 5 heteroatoms. The number of amides is 1. The molecule has 1 aromatic heterocycles. The molecule has 0 aliphatic heterocycles. The van der Waals surface area contributed by atoms with Gasteiger partial charge in [-0.1, -0.05) is 13.3 Å². The first-order valence-corrected chi connectivity index (χ1v) is 8.42. The summed E-state index contributed by atoms with van der Waals surface area (Å²) in [5, 5.41) is 0.958. The van der Waals surface area contributed by atoms with Crippen LogP contribution in [0.3, 0.4) is 0 Å². The van der Waals surface area contributed by atoms with Gasteiger partial charge in [-0.05, 0) is 57.3 Å². The lowest BCUT2D eigenvalue weighted by Gasteiger charge is -2.20. The fourth-order valence-electron chi connectivity index (χ4n) is 2.22. The fraction of sp³-hybridized carbons (Fsp3) is 0.400. The molecular formula is C15H18Br2N2O. The molecule has 0 atom stereocenters. The molecule has 1 heterocycles. The van der Waals surface area contributed by atoms with Crippen LogP contribution < -0.4 is 0 Å². The summed E-state index contributed by atoms with van der Waals surface area (Å²) in [5.41, 5.74) is 1.71. The Kier molecular flexibility index (Phi) is 5.27. The van der Waals surface area contributed by atoms with E-state index >= 15 is 0 Å². The molecule has 3 nitrogen and oxygen atoms in total. The Morgan fingerprint density at radius 2 is 1.95 bits per heavy atom. The molecular weight excluding hydrogens is 384 g/mol. The van der Waals surface area contributed by atoms with Crippen molar-refractivity contribution in [3.05, 3.63) is 32.8 Å². The molecule has 1 N–H and O–H groups in total. The molecule has 2 aromatic rings. The van der Waals surface area contributed by atoms with Gasteiger partial charge in [-0.3, -0.25) is 4.79 Å². The van der Waals surface area contributed by atoms with Crippen molar-refractivity contribution in [2.45, 2.75) is 26.7 Å². The van der Waals surface area contributed by atoms with Crippen molar-refractivity contribution in [3.63, 3.8) is 0 Å². The average Bonchev–Trinajstić information content (AvgIpc) is 2.82. The Bertz CT molecular complexity index is 622. The lowest BCUT2D eigenvalue weighted by Crippen LogP contribution is -2.31. The molecule has 2 rings (SSSR count). The molecule has 0 saturated heterocycles. The number of halogens is 2. The molecule has 0 radical (unpaired) electrons. The minimum absolute atomic E-state index is 0.0985. The van der Waals surface area contributed by atoms with Crippen molar-refractivity contribution in [1.82, 2.24) is 9.88 Å². The number of H-pyrrole nitrogens is 1. The number of fused-ring (bicyclic) bond motifs is 1. The quantitative estimate of drug-likeness (QED) is 0.755. The van der Waals surface area contributed by atoms with Crippen molar-refractivity contribution in [2.24, 2.45) is 0 Å². The highest BCUT2D eigenvalue weighted by Crippen LogP contribution is 2.30. The SMILES string of the molecule is CCCCN(CC)C(=O)c1c[nH]c2cc(Br)c(Br)cc12. The van der Waals surface area contributed by atoms with Crippen molar-refractivity contribution in [1.29, 1.82) is 0 Å². The largest absolute Gasteiger partial charge is 0.360 e. The van der Waals surface area contributed by atoms with Crippen molar-refractivity contribution >= 4 is 48.7 Å². The van der Waals surface area contributed by atoms with Gasteiger partial charge in [-0.2, -0.15) is 0 Å². The molecule has 0 saturated carbocycles. The van der Waals surface area contributed by atoms with E-state index in [-0.39, 0.29) is 5.91 Å². The number of nitrogens with zero attached hydrogens (tertiary/aromatic N) is 1. The van der Waals surface area contributed by atoms with Gasteiger partial charge >= 0.3 is 0 Å². The van der Waals surface area contributed by atoms with Crippen molar-refractivity contribution in [2.75, 3.05) is 13.1 Å². The van der Waals surface area contributed by atoms with Crippen LogP contribution in [0.5, 0.6) is 0 Å². The maximum Gasteiger partial charge on any atom is 0.256 e. The summed E-state index contributed by atoms with van der Waals surface area (Å²) in [6.45, 7) is 5.72. The molecule has 0 unspecified atom stereocenters. The van der Waals surface area contributed by atoms with Gasteiger partial charge in [0.15, 0.2) is 0 Å². The Hall–Kier alpha value is -0.810. The van der Waals surface area contributed by atoms with E-state index in [9.17, 15) is 4.79 Å². The fourth-order valence-corrected chi connectivity index (χ4v) is 2.90. The van der Waals surface area contributed by atoms with Crippen molar-refractivity contribution in [3.8, 4) is 0 Å². The monoisotopic (exact) mass is 400 g/mol. The third kappa shape index (κ3) is 3.09. The third-order valence-corrected chi connectivity index (χ3v) is 5.25. The highest BCUT2D eigenvalue weighted by atomic mass is 79.9. The summed E-state index contributed by atoms with van der Waals surface area (Å²) < 4.78 is 1.93. The van der Waals surface area contributed by atoms with Crippen LogP contribution in [0.15, 0.2) is 27.3 Å². The summed E-state index contributed by atoms with van der Waals surface area (Å²) >= 11 is 6.97. The van der Waals surface area contributed by atoms with Crippen LogP contribution in [0.1, 0.15) is 37.0 Å². The number of carbonyl (C=O) groups is 1. The van der Waals surface area contributed by atoms with Crippen molar-refractivity contribution < 1.29 is 4.79 Å². The molecule has 0 aliphatic rings. The number of rotatable bonds is 5. The third-order valence-electron chi connectivity index (χ3n) is 3.40. The zero-order chi connectivity index (χ0) is 14.7. The molecule has 20 heavy (non-hydrogen) atoms. The van der Waals surface area contributed by atoms with E-state index in [2.05, 4.69) is 43.8 Å². The molecule has 1 amide bonds.